The number of rotatable bonds is 6. The summed E-state index contributed by atoms with van der Waals surface area (Å²) in [6.07, 6.45) is 5.93. The number of hydrogen-bond acceptors (Lipinski definition) is 7. The van der Waals surface area contributed by atoms with Crippen LogP contribution < -0.4 is 15.0 Å². The third kappa shape index (κ3) is 4.26. The van der Waals surface area contributed by atoms with E-state index in [9.17, 15) is 4.79 Å². The molecule has 1 saturated carbocycles. The number of nitrogens with one attached hydrogen (secondary N) is 1. The topological polar surface area (TPSA) is 89.7 Å². The second-order valence-electron chi connectivity index (χ2n) is 8.92. The molecule has 0 spiro atoms. The van der Waals surface area contributed by atoms with Gasteiger partial charge in [0.15, 0.2) is 0 Å². The Morgan fingerprint density at radius 1 is 1.13 bits per heavy atom. The summed E-state index contributed by atoms with van der Waals surface area (Å²) >= 11 is 0. The van der Waals surface area contributed by atoms with Gasteiger partial charge in [0.05, 0.1) is 7.11 Å². The van der Waals surface area contributed by atoms with Crippen LogP contribution in [0.2, 0.25) is 0 Å². The molecule has 3 aliphatic rings. The van der Waals surface area contributed by atoms with E-state index in [1.165, 1.54) is 12.8 Å². The largest absolute Gasteiger partial charge is 0.497 e. The Balaban J connectivity index is 1.18. The van der Waals surface area contributed by atoms with Crippen molar-refractivity contribution in [2.45, 2.75) is 44.1 Å². The lowest BCUT2D eigenvalue weighted by atomic mass is 9.83. The zero-order valence-corrected chi connectivity index (χ0v) is 18.0. The van der Waals surface area contributed by atoms with E-state index in [1.54, 1.807) is 7.11 Å². The van der Waals surface area contributed by atoms with Crippen molar-refractivity contribution in [1.29, 1.82) is 0 Å². The van der Waals surface area contributed by atoms with Crippen molar-refractivity contribution in [3.8, 4) is 17.1 Å². The maximum absolute atomic E-state index is 13.1. The molecule has 166 valence electrons. The molecule has 1 aromatic heterocycles. The number of carbonyl (C=O) groups excluding carboxylic acids is 1. The molecule has 2 saturated heterocycles. The number of aromatic nitrogens is 2. The third-order valence-corrected chi connectivity index (χ3v) is 7.02. The molecule has 8 nitrogen and oxygen atoms in total. The Morgan fingerprint density at radius 2 is 1.84 bits per heavy atom. The molecule has 1 N–H and O–H groups in total. The van der Waals surface area contributed by atoms with Crippen LogP contribution in [0.15, 0.2) is 28.8 Å². The van der Waals surface area contributed by atoms with Gasteiger partial charge in [-0.3, -0.25) is 4.79 Å². The van der Waals surface area contributed by atoms with Gasteiger partial charge in [-0.15, -0.1) is 0 Å². The lowest BCUT2D eigenvalue weighted by molar-refractivity contribution is -0.129. The normalized spacial score (nSPS) is 21.6. The molecule has 2 aromatic rings. The molecule has 0 atom stereocenters. The van der Waals surface area contributed by atoms with Gasteiger partial charge in [0, 0.05) is 43.3 Å². The Labute approximate surface area is 182 Å². The van der Waals surface area contributed by atoms with Crippen molar-refractivity contribution < 1.29 is 18.8 Å². The first-order valence-corrected chi connectivity index (χ1v) is 11.3. The van der Waals surface area contributed by atoms with Crippen LogP contribution >= 0.6 is 0 Å². The first-order valence-electron chi connectivity index (χ1n) is 11.3. The van der Waals surface area contributed by atoms with E-state index in [0.717, 1.165) is 63.3 Å². The second-order valence-corrected chi connectivity index (χ2v) is 8.92. The molecule has 0 bridgehead atoms. The highest BCUT2D eigenvalue weighted by atomic mass is 16.5. The fourth-order valence-corrected chi connectivity index (χ4v) is 4.89. The molecule has 1 amide bonds. The van der Waals surface area contributed by atoms with Crippen LogP contribution in [-0.2, 0) is 9.53 Å². The monoisotopic (exact) mass is 426 g/mol. The summed E-state index contributed by atoms with van der Waals surface area (Å²) in [6, 6.07) is 8.10. The molecule has 2 aliphatic heterocycles. The smallest absolute Gasteiger partial charge is 0.324 e. The number of anilines is 1. The van der Waals surface area contributed by atoms with E-state index in [4.69, 9.17) is 14.0 Å². The Kier molecular flexibility index (Phi) is 5.56. The molecule has 3 heterocycles. The maximum Gasteiger partial charge on any atom is 0.324 e. The fraction of sp³-hybridized carbons (Fsp3) is 0.609. The van der Waals surface area contributed by atoms with E-state index >= 15 is 0 Å². The van der Waals surface area contributed by atoms with Crippen LogP contribution in [0.3, 0.4) is 0 Å². The summed E-state index contributed by atoms with van der Waals surface area (Å²) in [5, 5.41) is 7.58. The van der Waals surface area contributed by atoms with Gasteiger partial charge in [-0.2, -0.15) is 4.98 Å². The van der Waals surface area contributed by atoms with Crippen molar-refractivity contribution in [3.63, 3.8) is 0 Å². The van der Waals surface area contributed by atoms with Crippen LogP contribution in [0.25, 0.3) is 11.4 Å². The average Bonchev–Trinajstić information content (AvgIpc) is 3.58. The van der Waals surface area contributed by atoms with E-state index in [1.807, 2.05) is 24.3 Å². The Morgan fingerprint density at radius 3 is 2.48 bits per heavy atom. The molecule has 31 heavy (non-hydrogen) atoms. The first kappa shape index (κ1) is 20.3. The highest BCUT2D eigenvalue weighted by molar-refractivity contribution is 5.80. The first-order chi connectivity index (χ1) is 15.2. The van der Waals surface area contributed by atoms with Crippen molar-refractivity contribution in [3.05, 3.63) is 24.3 Å². The van der Waals surface area contributed by atoms with Gasteiger partial charge in [0.1, 0.15) is 5.75 Å². The quantitative estimate of drug-likeness (QED) is 0.759. The lowest BCUT2D eigenvalue weighted by Crippen LogP contribution is -2.56. The zero-order chi connectivity index (χ0) is 21.3. The van der Waals surface area contributed by atoms with Crippen molar-refractivity contribution >= 4 is 11.9 Å². The minimum Gasteiger partial charge on any atom is -0.497 e. The van der Waals surface area contributed by atoms with E-state index in [0.29, 0.717) is 17.8 Å². The molecular weight excluding hydrogens is 396 g/mol. The average molecular weight is 427 g/mol. The summed E-state index contributed by atoms with van der Waals surface area (Å²) in [6.45, 7) is 2.98. The minimum absolute atomic E-state index is 0.0355. The summed E-state index contributed by atoms with van der Waals surface area (Å²) in [5.74, 6) is 2.23. The minimum atomic E-state index is -0.0355. The summed E-state index contributed by atoms with van der Waals surface area (Å²) in [4.78, 5) is 19.7. The van der Waals surface area contributed by atoms with Crippen LogP contribution in [0.5, 0.6) is 5.75 Å². The number of amides is 1. The van der Waals surface area contributed by atoms with Gasteiger partial charge < -0.3 is 24.2 Å². The Hall–Kier alpha value is -2.61. The second kappa shape index (κ2) is 8.49. The van der Waals surface area contributed by atoms with Crippen LogP contribution in [0.4, 0.5) is 6.01 Å². The molecule has 1 aliphatic carbocycles. The molecule has 0 radical (unpaired) electrons. The van der Waals surface area contributed by atoms with E-state index in [-0.39, 0.29) is 17.4 Å². The fourth-order valence-electron chi connectivity index (χ4n) is 4.89. The van der Waals surface area contributed by atoms with Gasteiger partial charge in [-0.25, -0.2) is 0 Å². The predicted octanol–water partition coefficient (Wildman–Crippen LogP) is 3.04. The number of hydrogen-bond donors (Lipinski definition) is 1. The van der Waals surface area contributed by atoms with Gasteiger partial charge in [-0.1, -0.05) is 5.16 Å². The standard InChI is InChI=1S/C23H30N4O4/c1-29-19-6-2-16(3-7-19)20-24-22(31-26-20)27-12-8-17(9-13-27)21(28)25-23(18-4-5-18)10-14-30-15-11-23/h2-3,6-7,17-18H,4-5,8-15H2,1H3,(H,25,28). The maximum atomic E-state index is 13.1. The van der Waals surface area contributed by atoms with Crippen LogP contribution in [0.1, 0.15) is 38.5 Å². The van der Waals surface area contributed by atoms with Crippen molar-refractivity contribution in [2.24, 2.45) is 11.8 Å². The van der Waals surface area contributed by atoms with Gasteiger partial charge in [0.2, 0.25) is 11.7 Å². The van der Waals surface area contributed by atoms with Gasteiger partial charge >= 0.3 is 6.01 Å². The predicted molar refractivity (Wildman–Crippen MR) is 115 cm³/mol. The summed E-state index contributed by atoms with van der Waals surface area (Å²) in [7, 11) is 1.64. The molecule has 1 aromatic carbocycles. The third-order valence-electron chi connectivity index (χ3n) is 7.02. The highest BCUT2D eigenvalue weighted by Crippen LogP contribution is 2.45. The molecule has 8 heteroatoms. The number of carbonyl (C=O) groups is 1. The Bertz CT molecular complexity index is 895. The van der Waals surface area contributed by atoms with E-state index in [2.05, 4.69) is 20.4 Å². The number of piperidine rings is 1. The number of ether oxygens (including phenoxy) is 2. The molecule has 5 rings (SSSR count). The van der Waals surface area contributed by atoms with E-state index < -0.39 is 0 Å². The molecular formula is C23H30N4O4. The van der Waals surface area contributed by atoms with Gasteiger partial charge in [-0.05, 0) is 68.7 Å². The number of methoxy groups -OCH3 is 1. The SMILES string of the molecule is COc1ccc(-c2noc(N3CCC(C(=O)NC4(C5CC5)CCOCC4)CC3)n2)cc1. The molecule has 3 fully saturated rings. The number of nitrogens with zero attached hydrogens (tertiary/aromatic N) is 3. The highest BCUT2D eigenvalue weighted by Gasteiger charge is 2.47. The lowest BCUT2D eigenvalue weighted by Gasteiger charge is -2.40. The van der Waals surface area contributed by atoms with Crippen molar-refractivity contribution in [2.75, 3.05) is 38.3 Å². The van der Waals surface area contributed by atoms with Crippen LogP contribution in [0, 0.1) is 11.8 Å². The summed E-state index contributed by atoms with van der Waals surface area (Å²) < 4.78 is 16.3. The van der Waals surface area contributed by atoms with Gasteiger partial charge in [0.25, 0.3) is 0 Å². The van der Waals surface area contributed by atoms with Crippen LogP contribution in [-0.4, -0.2) is 55.0 Å². The molecule has 0 unspecified atom stereocenters. The number of benzene rings is 1. The zero-order valence-electron chi connectivity index (χ0n) is 18.0. The van der Waals surface area contributed by atoms with Crippen molar-refractivity contribution in [1.82, 2.24) is 15.5 Å². The summed E-state index contributed by atoms with van der Waals surface area (Å²) in [5.41, 5.74) is 0.846.